The molecule has 2 rings (SSSR count). The summed E-state index contributed by atoms with van der Waals surface area (Å²) < 4.78 is 13.7. The van der Waals surface area contributed by atoms with Crippen LogP contribution in [0.4, 0.5) is 4.39 Å². The first-order valence-corrected chi connectivity index (χ1v) is 7.82. The minimum absolute atomic E-state index is 0.188. The third-order valence-corrected chi connectivity index (χ3v) is 4.84. The van der Waals surface area contributed by atoms with Gasteiger partial charge in [-0.1, -0.05) is 22.0 Å². The van der Waals surface area contributed by atoms with Crippen molar-refractivity contribution < 1.29 is 4.39 Å². The first-order chi connectivity index (χ1) is 8.19. The molecule has 1 saturated heterocycles. The van der Waals surface area contributed by atoms with Crippen molar-refractivity contribution in [1.82, 2.24) is 4.90 Å². The molecule has 0 spiro atoms. The molecule has 1 fully saturated rings. The molecule has 1 aromatic rings. The van der Waals surface area contributed by atoms with E-state index in [1.54, 1.807) is 0 Å². The number of halogens is 3. The second kappa shape index (κ2) is 6.30. The van der Waals surface area contributed by atoms with Crippen LogP contribution < -0.4 is 0 Å². The number of nitrogens with zero attached hydrogens (tertiary/aromatic N) is 1. The SMILES string of the molecule is Fc1ccc(CN2CCC(CBr)CC2)cc1Br. The van der Waals surface area contributed by atoms with Crippen LogP contribution in [0.15, 0.2) is 22.7 Å². The van der Waals surface area contributed by atoms with Gasteiger partial charge in [-0.25, -0.2) is 4.39 Å². The van der Waals surface area contributed by atoms with E-state index in [-0.39, 0.29) is 5.82 Å². The van der Waals surface area contributed by atoms with Crippen molar-refractivity contribution in [3.8, 4) is 0 Å². The quantitative estimate of drug-likeness (QED) is 0.726. The highest BCUT2D eigenvalue weighted by Crippen LogP contribution is 2.22. The van der Waals surface area contributed by atoms with Crippen molar-refractivity contribution in [3.05, 3.63) is 34.1 Å². The fourth-order valence-electron chi connectivity index (χ4n) is 2.20. The molecule has 0 saturated carbocycles. The van der Waals surface area contributed by atoms with Gasteiger partial charge in [0.2, 0.25) is 0 Å². The molecule has 0 amide bonds. The van der Waals surface area contributed by atoms with Crippen LogP contribution in [-0.4, -0.2) is 23.3 Å². The normalized spacial score (nSPS) is 18.5. The summed E-state index contributed by atoms with van der Waals surface area (Å²) >= 11 is 6.78. The highest BCUT2D eigenvalue weighted by molar-refractivity contribution is 9.10. The largest absolute Gasteiger partial charge is 0.299 e. The fraction of sp³-hybridized carbons (Fsp3) is 0.538. The Kier molecular flexibility index (Phi) is 5.00. The van der Waals surface area contributed by atoms with E-state index in [0.29, 0.717) is 4.47 Å². The van der Waals surface area contributed by atoms with Gasteiger partial charge in [0.05, 0.1) is 4.47 Å². The molecule has 0 N–H and O–H groups in total. The van der Waals surface area contributed by atoms with Crippen molar-refractivity contribution in [3.63, 3.8) is 0 Å². The number of rotatable bonds is 3. The highest BCUT2D eigenvalue weighted by atomic mass is 79.9. The third-order valence-electron chi connectivity index (χ3n) is 3.32. The lowest BCUT2D eigenvalue weighted by Gasteiger charge is -2.31. The third kappa shape index (κ3) is 3.76. The summed E-state index contributed by atoms with van der Waals surface area (Å²) in [6, 6.07) is 5.28. The summed E-state index contributed by atoms with van der Waals surface area (Å²) in [4.78, 5) is 2.44. The molecule has 1 heterocycles. The Morgan fingerprint density at radius 3 is 2.59 bits per heavy atom. The van der Waals surface area contributed by atoms with Crippen LogP contribution in [0.5, 0.6) is 0 Å². The van der Waals surface area contributed by atoms with Crippen LogP contribution >= 0.6 is 31.9 Å². The minimum Gasteiger partial charge on any atom is -0.299 e. The summed E-state index contributed by atoms with van der Waals surface area (Å²) in [5, 5.41) is 1.11. The van der Waals surface area contributed by atoms with E-state index in [1.807, 2.05) is 12.1 Å². The number of hydrogen-bond donors (Lipinski definition) is 0. The van der Waals surface area contributed by atoms with Gasteiger partial charge in [0.1, 0.15) is 5.82 Å². The molecular formula is C13H16Br2FN. The lowest BCUT2D eigenvalue weighted by molar-refractivity contribution is 0.187. The predicted molar refractivity (Wildman–Crippen MR) is 75.9 cm³/mol. The molecule has 0 unspecified atom stereocenters. The maximum absolute atomic E-state index is 13.1. The molecule has 1 nitrogen and oxygen atoms in total. The molecule has 1 aliphatic heterocycles. The Hall–Kier alpha value is 0.0700. The predicted octanol–water partition coefficient (Wildman–Crippen LogP) is 4.20. The summed E-state index contributed by atoms with van der Waals surface area (Å²) in [6.45, 7) is 3.21. The molecule has 94 valence electrons. The molecule has 1 aliphatic rings. The molecule has 0 aromatic heterocycles. The Labute approximate surface area is 119 Å². The molecule has 4 heteroatoms. The monoisotopic (exact) mass is 363 g/mol. The van der Waals surface area contributed by atoms with E-state index in [9.17, 15) is 4.39 Å². The molecule has 0 bridgehead atoms. The average molecular weight is 365 g/mol. The molecule has 0 aliphatic carbocycles. The number of likely N-dealkylation sites (tertiary alicyclic amines) is 1. The van der Waals surface area contributed by atoms with Gasteiger partial charge < -0.3 is 0 Å². The zero-order chi connectivity index (χ0) is 12.3. The average Bonchev–Trinajstić information content (AvgIpc) is 2.35. The van der Waals surface area contributed by atoms with Crippen molar-refractivity contribution in [2.24, 2.45) is 5.92 Å². The zero-order valence-corrected chi connectivity index (χ0v) is 12.8. The minimum atomic E-state index is -0.188. The van der Waals surface area contributed by atoms with Gasteiger partial charge in [0, 0.05) is 11.9 Å². The van der Waals surface area contributed by atoms with Gasteiger partial charge in [-0.05, 0) is 65.5 Å². The Bertz CT molecular complexity index is 376. The summed E-state index contributed by atoms with van der Waals surface area (Å²) in [5.74, 6) is 0.637. The summed E-state index contributed by atoms with van der Waals surface area (Å²) in [7, 11) is 0. The number of hydrogen-bond acceptors (Lipinski definition) is 1. The molecule has 0 radical (unpaired) electrons. The number of benzene rings is 1. The van der Waals surface area contributed by atoms with Crippen molar-refractivity contribution >= 4 is 31.9 Å². The Balaban J connectivity index is 1.91. The smallest absolute Gasteiger partial charge is 0.137 e. The first kappa shape index (κ1) is 13.5. The number of alkyl halides is 1. The van der Waals surface area contributed by atoms with E-state index >= 15 is 0 Å². The van der Waals surface area contributed by atoms with E-state index in [4.69, 9.17) is 0 Å². The van der Waals surface area contributed by atoms with Gasteiger partial charge in [0.15, 0.2) is 0 Å². The lowest BCUT2D eigenvalue weighted by atomic mass is 9.99. The van der Waals surface area contributed by atoms with Crippen LogP contribution in [0, 0.1) is 11.7 Å². The first-order valence-electron chi connectivity index (χ1n) is 5.91. The summed E-state index contributed by atoms with van der Waals surface area (Å²) in [5.41, 5.74) is 1.18. The Morgan fingerprint density at radius 1 is 1.29 bits per heavy atom. The van der Waals surface area contributed by atoms with Crippen LogP contribution in [0.3, 0.4) is 0 Å². The second-order valence-corrected chi connectivity index (χ2v) is 6.12. The van der Waals surface area contributed by atoms with Crippen LogP contribution in [0.25, 0.3) is 0 Å². The van der Waals surface area contributed by atoms with E-state index in [0.717, 1.165) is 30.9 Å². The maximum Gasteiger partial charge on any atom is 0.137 e. The summed E-state index contributed by atoms with van der Waals surface area (Å²) in [6.07, 6.45) is 2.52. The zero-order valence-electron chi connectivity index (χ0n) is 9.63. The van der Waals surface area contributed by atoms with Gasteiger partial charge in [-0.2, -0.15) is 0 Å². The molecule has 0 atom stereocenters. The van der Waals surface area contributed by atoms with E-state index in [1.165, 1.54) is 24.5 Å². The standard InChI is InChI=1S/C13H16Br2FN/c14-8-10-3-5-17(6-4-10)9-11-1-2-13(16)12(15)7-11/h1-2,7,10H,3-6,8-9H2. The van der Waals surface area contributed by atoms with Crippen molar-refractivity contribution in [2.75, 3.05) is 18.4 Å². The van der Waals surface area contributed by atoms with Crippen LogP contribution in [0.2, 0.25) is 0 Å². The second-order valence-electron chi connectivity index (χ2n) is 4.62. The van der Waals surface area contributed by atoms with Crippen molar-refractivity contribution in [1.29, 1.82) is 0 Å². The van der Waals surface area contributed by atoms with E-state index < -0.39 is 0 Å². The molecular weight excluding hydrogens is 349 g/mol. The van der Waals surface area contributed by atoms with Crippen LogP contribution in [0.1, 0.15) is 18.4 Å². The lowest BCUT2D eigenvalue weighted by Crippen LogP contribution is -2.33. The van der Waals surface area contributed by atoms with Gasteiger partial charge >= 0.3 is 0 Å². The van der Waals surface area contributed by atoms with E-state index in [2.05, 4.69) is 36.8 Å². The topological polar surface area (TPSA) is 3.24 Å². The number of piperidine rings is 1. The highest BCUT2D eigenvalue weighted by Gasteiger charge is 2.18. The molecule has 1 aromatic carbocycles. The van der Waals surface area contributed by atoms with Gasteiger partial charge in [-0.3, -0.25) is 4.90 Å². The Morgan fingerprint density at radius 2 is 2.00 bits per heavy atom. The van der Waals surface area contributed by atoms with Crippen molar-refractivity contribution in [2.45, 2.75) is 19.4 Å². The van der Waals surface area contributed by atoms with Gasteiger partial charge in [0.25, 0.3) is 0 Å². The van der Waals surface area contributed by atoms with Gasteiger partial charge in [-0.15, -0.1) is 0 Å². The maximum atomic E-state index is 13.1. The fourth-order valence-corrected chi connectivity index (χ4v) is 3.27. The van der Waals surface area contributed by atoms with Crippen LogP contribution in [-0.2, 0) is 6.54 Å². The molecule has 17 heavy (non-hydrogen) atoms.